The average molecular weight is 495 g/mol. The highest BCUT2D eigenvalue weighted by Gasteiger charge is 2.26. The van der Waals surface area contributed by atoms with E-state index in [9.17, 15) is 4.79 Å². The van der Waals surface area contributed by atoms with Gasteiger partial charge in [-0.15, -0.1) is 24.0 Å². The lowest BCUT2D eigenvalue weighted by atomic mass is 10.0. The Kier molecular flexibility index (Phi) is 10.1. The number of piperazine rings is 1. The van der Waals surface area contributed by atoms with Crippen molar-refractivity contribution in [3.8, 4) is 0 Å². The lowest BCUT2D eigenvalue weighted by molar-refractivity contribution is 0.0186. The van der Waals surface area contributed by atoms with Crippen LogP contribution in [0.2, 0.25) is 0 Å². The maximum Gasteiger partial charge on any atom is 0.410 e. The Hall–Kier alpha value is -0.770. The smallest absolute Gasteiger partial charge is 0.410 e. The van der Waals surface area contributed by atoms with Crippen LogP contribution in [0, 0.1) is 0 Å². The van der Waals surface area contributed by atoms with E-state index >= 15 is 0 Å². The highest BCUT2D eigenvalue weighted by molar-refractivity contribution is 14.0. The van der Waals surface area contributed by atoms with Crippen LogP contribution in [0.4, 0.5) is 4.79 Å². The van der Waals surface area contributed by atoms with E-state index in [1.165, 1.54) is 25.8 Å². The Balaban J connectivity index is 0.00000364. The normalized spacial score (nSPS) is 22.4. The fourth-order valence-corrected chi connectivity index (χ4v) is 3.50. The SMILES string of the molecule is CC1CCCCN1CCCN=C(N)N1CCN(C(=O)OC(C)(C)C)CC1.I. The molecular formula is C19H38IN5O2. The summed E-state index contributed by atoms with van der Waals surface area (Å²) in [6.07, 6.45) is 4.79. The second-order valence-corrected chi connectivity index (χ2v) is 8.43. The number of hydrogen-bond donors (Lipinski definition) is 1. The number of aliphatic imine (C=N–C) groups is 1. The molecular weight excluding hydrogens is 457 g/mol. The molecule has 2 heterocycles. The summed E-state index contributed by atoms with van der Waals surface area (Å²) in [6.45, 7) is 13.7. The molecule has 0 saturated carbocycles. The molecule has 2 N–H and O–H groups in total. The van der Waals surface area contributed by atoms with Gasteiger partial charge in [-0.1, -0.05) is 6.42 Å². The molecule has 0 aromatic rings. The topological polar surface area (TPSA) is 74.4 Å². The maximum atomic E-state index is 12.1. The molecule has 2 rings (SSSR count). The number of hydrogen-bond acceptors (Lipinski definition) is 4. The number of likely N-dealkylation sites (tertiary alicyclic amines) is 1. The van der Waals surface area contributed by atoms with Gasteiger partial charge in [0.25, 0.3) is 0 Å². The summed E-state index contributed by atoms with van der Waals surface area (Å²) in [7, 11) is 0. The number of guanidine groups is 1. The number of nitrogens with two attached hydrogens (primary N) is 1. The fourth-order valence-electron chi connectivity index (χ4n) is 3.50. The van der Waals surface area contributed by atoms with Crippen LogP contribution in [0.3, 0.4) is 0 Å². The van der Waals surface area contributed by atoms with Crippen molar-refractivity contribution in [1.29, 1.82) is 0 Å². The summed E-state index contributed by atoms with van der Waals surface area (Å²) in [5.41, 5.74) is 5.69. The van der Waals surface area contributed by atoms with Crippen molar-refractivity contribution in [1.82, 2.24) is 14.7 Å². The quantitative estimate of drug-likeness (QED) is 0.281. The Bertz CT molecular complexity index is 487. The Morgan fingerprint density at radius 1 is 1.11 bits per heavy atom. The molecule has 0 aromatic carbocycles. The second kappa shape index (κ2) is 11.3. The summed E-state index contributed by atoms with van der Waals surface area (Å²) in [5.74, 6) is 0.598. The van der Waals surface area contributed by atoms with Crippen molar-refractivity contribution in [2.24, 2.45) is 10.7 Å². The van der Waals surface area contributed by atoms with Crippen molar-refractivity contribution < 1.29 is 9.53 Å². The van der Waals surface area contributed by atoms with Crippen LogP contribution in [-0.4, -0.2) is 84.2 Å². The van der Waals surface area contributed by atoms with Crippen LogP contribution >= 0.6 is 24.0 Å². The zero-order valence-corrected chi connectivity index (χ0v) is 19.8. The van der Waals surface area contributed by atoms with Gasteiger partial charge in [0.15, 0.2) is 5.96 Å². The van der Waals surface area contributed by atoms with Crippen LogP contribution in [0.1, 0.15) is 53.4 Å². The van der Waals surface area contributed by atoms with E-state index in [1.807, 2.05) is 20.8 Å². The Morgan fingerprint density at radius 3 is 2.33 bits per heavy atom. The minimum absolute atomic E-state index is 0. The molecule has 0 spiro atoms. The zero-order chi connectivity index (χ0) is 19.2. The highest BCUT2D eigenvalue weighted by Crippen LogP contribution is 2.16. The van der Waals surface area contributed by atoms with E-state index in [-0.39, 0.29) is 30.1 Å². The zero-order valence-electron chi connectivity index (χ0n) is 17.4. The van der Waals surface area contributed by atoms with Crippen molar-refractivity contribution >= 4 is 36.0 Å². The monoisotopic (exact) mass is 495 g/mol. The van der Waals surface area contributed by atoms with E-state index in [0.29, 0.717) is 38.2 Å². The predicted octanol–water partition coefficient (Wildman–Crippen LogP) is 2.74. The van der Waals surface area contributed by atoms with Gasteiger partial charge < -0.3 is 25.2 Å². The number of nitrogens with zero attached hydrogens (tertiary/aromatic N) is 4. The van der Waals surface area contributed by atoms with E-state index in [0.717, 1.165) is 19.5 Å². The van der Waals surface area contributed by atoms with Crippen molar-refractivity contribution in [2.75, 3.05) is 45.8 Å². The largest absolute Gasteiger partial charge is 0.444 e. The van der Waals surface area contributed by atoms with Crippen molar-refractivity contribution in [3.63, 3.8) is 0 Å². The number of amides is 1. The van der Waals surface area contributed by atoms with E-state index in [2.05, 4.69) is 21.7 Å². The summed E-state index contributed by atoms with van der Waals surface area (Å²) in [4.78, 5) is 23.0. The Labute approximate surface area is 181 Å². The first-order valence-corrected chi connectivity index (χ1v) is 10.0. The third-order valence-electron chi connectivity index (χ3n) is 5.07. The lowest BCUT2D eigenvalue weighted by Gasteiger charge is -2.36. The maximum absolute atomic E-state index is 12.1. The number of halogens is 1. The molecule has 2 saturated heterocycles. The summed E-state index contributed by atoms with van der Waals surface area (Å²) in [5, 5.41) is 0. The molecule has 0 aromatic heterocycles. The molecule has 1 atom stereocenters. The van der Waals surface area contributed by atoms with Gasteiger partial charge in [-0.2, -0.15) is 0 Å². The van der Waals surface area contributed by atoms with Gasteiger partial charge in [0.2, 0.25) is 0 Å². The highest BCUT2D eigenvalue weighted by atomic mass is 127. The molecule has 7 nitrogen and oxygen atoms in total. The first-order valence-electron chi connectivity index (χ1n) is 10.0. The third-order valence-corrected chi connectivity index (χ3v) is 5.07. The molecule has 158 valence electrons. The van der Waals surface area contributed by atoms with Gasteiger partial charge in [-0.05, 0) is 53.5 Å². The molecule has 8 heteroatoms. The van der Waals surface area contributed by atoms with Crippen molar-refractivity contribution in [2.45, 2.75) is 65.0 Å². The fraction of sp³-hybridized carbons (Fsp3) is 0.895. The van der Waals surface area contributed by atoms with Crippen LogP contribution in [0.25, 0.3) is 0 Å². The summed E-state index contributed by atoms with van der Waals surface area (Å²) < 4.78 is 5.42. The molecule has 2 aliphatic rings. The summed E-state index contributed by atoms with van der Waals surface area (Å²) >= 11 is 0. The van der Waals surface area contributed by atoms with Gasteiger partial charge in [-0.25, -0.2) is 4.79 Å². The average Bonchev–Trinajstić information content (AvgIpc) is 2.58. The van der Waals surface area contributed by atoms with Crippen LogP contribution in [-0.2, 0) is 4.74 Å². The lowest BCUT2D eigenvalue weighted by Crippen LogP contribution is -2.53. The van der Waals surface area contributed by atoms with E-state index in [1.54, 1.807) is 4.90 Å². The van der Waals surface area contributed by atoms with Crippen LogP contribution in [0.15, 0.2) is 4.99 Å². The number of ether oxygens (including phenoxy) is 1. The van der Waals surface area contributed by atoms with Crippen LogP contribution < -0.4 is 5.73 Å². The first kappa shape index (κ1) is 24.3. The minimum atomic E-state index is -0.458. The van der Waals surface area contributed by atoms with Gasteiger partial charge in [0.05, 0.1) is 0 Å². The second-order valence-electron chi connectivity index (χ2n) is 8.43. The molecule has 0 radical (unpaired) electrons. The van der Waals surface area contributed by atoms with Gasteiger partial charge in [0.1, 0.15) is 5.60 Å². The molecule has 2 aliphatic heterocycles. The molecule has 27 heavy (non-hydrogen) atoms. The van der Waals surface area contributed by atoms with Gasteiger partial charge in [0, 0.05) is 45.3 Å². The molecule has 0 aliphatic carbocycles. The van der Waals surface area contributed by atoms with Gasteiger partial charge >= 0.3 is 6.09 Å². The number of carbonyl (C=O) groups is 1. The molecule has 1 unspecified atom stereocenters. The molecule has 1 amide bonds. The number of rotatable bonds is 4. The Morgan fingerprint density at radius 2 is 1.74 bits per heavy atom. The predicted molar refractivity (Wildman–Crippen MR) is 121 cm³/mol. The third kappa shape index (κ3) is 8.41. The number of carbonyl (C=O) groups excluding carboxylic acids is 1. The molecule has 0 bridgehead atoms. The van der Waals surface area contributed by atoms with Crippen LogP contribution in [0.5, 0.6) is 0 Å². The van der Waals surface area contributed by atoms with Gasteiger partial charge in [-0.3, -0.25) is 4.99 Å². The van der Waals surface area contributed by atoms with E-state index in [4.69, 9.17) is 10.5 Å². The summed E-state index contributed by atoms with van der Waals surface area (Å²) in [6, 6.07) is 0.700. The first-order chi connectivity index (χ1) is 12.3. The van der Waals surface area contributed by atoms with Crippen molar-refractivity contribution in [3.05, 3.63) is 0 Å². The standard InChI is InChI=1S/C19H37N5O2.HI/c1-16-8-5-6-10-22(16)11-7-9-21-17(20)23-12-14-24(15-13-23)18(25)26-19(2,3)4;/h16H,5-15H2,1-4H3,(H2,20,21);1H. The number of piperidine rings is 1. The molecule has 2 fully saturated rings. The minimum Gasteiger partial charge on any atom is -0.444 e. The van der Waals surface area contributed by atoms with E-state index < -0.39 is 5.60 Å².